The molecule has 2 heterocycles. The van der Waals surface area contributed by atoms with Crippen molar-refractivity contribution in [3.63, 3.8) is 0 Å². The van der Waals surface area contributed by atoms with Crippen LogP contribution in [-0.2, 0) is 0 Å². The molecule has 24 heavy (non-hydrogen) atoms. The van der Waals surface area contributed by atoms with Crippen LogP contribution < -0.4 is 5.32 Å². The highest BCUT2D eigenvalue weighted by Gasteiger charge is 2.19. The Labute approximate surface area is 146 Å². The fourth-order valence-electron chi connectivity index (χ4n) is 2.86. The zero-order chi connectivity index (χ0) is 17.3. The van der Waals surface area contributed by atoms with E-state index in [2.05, 4.69) is 60.3 Å². The van der Waals surface area contributed by atoms with Crippen LogP contribution in [0.4, 0.5) is 5.82 Å². The average molecular weight is 341 g/mol. The maximum Gasteiger partial charge on any atom is 0.139 e. The van der Waals surface area contributed by atoms with Gasteiger partial charge >= 0.3 is 0 Å². The summed E-state index contributed by atoms with van der Waals surface area (Å²) >= 11 is 1.69. The summed E-state index contributed by atoms with van der Waals surface area (Å²) in [5, 5.41) is 14.0. The number of aromatic nitrogens is 2. The first kappa shape index (κ1) is 16.9. The fraction of sp³-hybridized carbons (Fsp3) is 0.368. The van der Waals surface area contributed by atoms with Gasteiger partial charge in [-0.15, -0.1) is 11.3 Å². The molecule has 2 N–H and O–H groups in total. The Kier molecular flexibility index (Phi) is 4.83. The van der Waals surface area contributed by atoms with Gasteiger partial charge in [-0.3, -0.25) is 0 Å². The van der Waals surface area contributed by atoms with Gasteiger partial charge in [-0.1, -0.05) is 36.8 Å². The van der Waals surface area contributed by atoms with Gasteiger partial charge in [0.2, 0.25) is 0 Å². The van der Waals surface area contributed by atoms with E-state index in [4.69, 9.17) is 0 Å². The van der Waals surface area contributed by atoms with Crippen LogP contribution in [0.5, 0.6) is 0 Å². The highest BCUT2D eigenvalue weighted by molar-refractivity contribution is 7.19. The number of aliphatic hydroxyl groups is 1. The molecule has 2 aromatic heterocycles. The number of benzene rings is 1. The number of aliphatic hydroxyl groups excluding tert-OH is 1. The summed E-state index contributed by atoms with van der Waals surface area (Å²) in [5.41, 5.74) is 3.61. The van der Waals surface area contributed by atoms with Gasteiger partial charge in [-0.05, 0) is 32.8 Å². The summed E-state index contributed by atoms with van der Waals surface area (Å²) in [6.45, 7) is 8.27. The van der Waals surface area contributed by atoms with Gasteiger partial charge < -0.3 is 10.4 Å². The normalized spacial score (nSPS) is 12.5. The SMILES string of the molecule is CCC(CO)Nc1nc(C)nc2sc(C)c(-c3ccc(C)cc3)c12. The Bertz CT molecular complexity index is 851. The lowest BCUT2D eigenvalue weighted by Crippen LogP contribution is -2.23. The molecule has 3 aromatic rings. The number of hydrogen-bond donors (Lipinski definition) is 2. The molecule has 0 radical (unpaired) electrons. The van der Waals surface area contributed by atoms with Crippen molar-refractivity contribution in [2.75, 3.05) is 11.9 Å². The summed E-state index contributed by atoms with van der Waals surface area (Å²) in [7, 11) is 0. The smallest absolute Gasteiger partial charge is 0.139 e. The Balaban J connectivity index is 2.22. The van der Waals surface area contributed by atoms with Crippen molar-refractivity contribution >= 4 is 27.4 Å². The lowest BCUT2D eigenvalue weighted by molar-refractivity contribution is 0.271. The predicted octanol–water partition coefficient (Wildman–Crippen LogP) is 4.47. The molecule has 3 rings (SSSR count). The molecule has 0 spiro atoms. The number of fused-ring (bicyclic) bond motifs is 1. The second kappa shape index (κ2) is 6.87. The molecule has 0 saturated heterocycles. The Morgan fingerprint density at radius 2 is 1.83 bits per heavy atom. The third kappa shape index (κ3) is 3.14. The van der Waals surface area contributed by atoms with Crippen LogP contribution in [0.25, 0.3) is 21.3 Å². The summed E-state index contributed by atoms with van der Waals surface area (Å²) in [6, 6.07) is 8.55. The van der Waals surface area contributed by atoms with Crippen LogP contribution in [0.1, 0.15) is 29.6 Å². The first-order chi connectivity index (χ1) is 11.5. The molecule has 0 saturated carbocycles. The predicted molar refractivity (Wildman–Crippen MR) is 102 cm³/mol. The lowest BCUT2D eigenvalue weighted by Gasteiger charge is -2.16. The Hall–Kier alpha value is -1.98. The summed E-state index contributed by atoms with van der Waals surface area (Å²) in [4.78, 5) is 11.5. The van der Waals surface area contributed by atoms with Crippen molar-refractivity contribution in [3.8, 4) is 11.1 Å². The van der Waals surface area contributed by atoms with Gasteiger partial charge in [0.05, 0.1) is 18.0 Å². The third-order valence-electron chi connectivity index (χ3n) is 4.23. The van der Waals surface area contributed by atoms with Crippen LogP contribution in [0.15, 0.2) is 24.3 Å². The minimum atomic E-state index is -0.00595. The summed E-state index contributed by atoms with van der Waals surface area (Å²) in [5.74, 6) is 1.56. The van der Waals surface area contributed by atoms with E-state index in [0.717, 1.165) is 28.3 Å². The van der Waals surface area contributed by atoms with E-state index in [0.29, 0.717) is 0 Å². The molecule has 1 unspecified atom stereocenters. The molecule has 1 atom stereocenters. The summed E-state index contributed by atoms with van der Waals surface area (Å²) < 4.78 is 0. The Morgan fingerprint density at radius 1 is 1.12 bits per heavy atom. The van der Waals surface area contributed by atoms with Crippen LogP contribution in [0, 0.1) is 20.8 Å². The monoisotopic (exact) mass is 341 g/mol. The highest BCUT2D eigenvalue weighted by Crippen LogP contribution is 2.40. The molecule has 0 amide bonds. The van der Waals surface area contributed by atoms with E-state index in [9.17, 15) is 5.11 Å². The zero-order valence-electron chi connectivity index (χ0n) is 14.6. The van der Waals surface area contributed by atoms with Crippen LogP contribution in [0.2, 0.25) is 0 Å². The minimum absolute atomic E-state index is 0.00595. The van der Waals surface area contributed by atoms with Crippen molar-refractivity contribution in [2.45, 2.75) is 40.2 Å². The second-order valence-corrected chi connectivity index (χ2v) is 7.33. The zero-order valence-corrected chi connectivity index (χ0v) is 15.4. The quantitative estimate of drug-likeness (QED) is 0.719. The molecule has 126 valence electrons. The van der Waals surface area contributed by atoms with E-state index in [-0.39, 0.29) is 12.6 Å². The van der Waals surface area contributed by atoms with Gasteiger partial charge in [0, 0.05) is 10.4 Å². The molecule has 1 aromatic carbocycles. The van der Waals surface area contributed by atoms with Crippen molar-refractivity contribution in [3.05, 3.63) is 40.5 Å². The fourth-order valence-corrected chi connectivity index (χ4v) is 3.95. The average Bonchev–Trinajstić information content (AvgIpc) is 2.89. The number of thiophene rings is 1. The molecule has 0 aliphatic rings. The number of rotatable bonds is 5. The van der Waals surface area contributed by atoms with Crippen LogP contribution in [-0.4, -0.2) is 27.7 Å². The number of nitrogens with one attached hydrogen (secondary N) is 1. The summed E-state index contributed by atoms with van der Waals surface area (Å²) in [6.07, 6.45) is 0.837. The van der Waals surface area contributed by atoms with Crippen LogP contribution >= 0.6 is 11.3 Å². The van der Waals surface area contributed by atoms with E-state index >= 15 is 0 Å². The Morgan fingerprint density at radius 3 is 2.46 bits per heavy atom. The largest absolute Gasteiger partial charge is 0.394 e. The molecule has 0 fully saturated rings. The van der Waals surface area contributed by atoms with Gasteiger partial charge in [-0.2, -0.15) is 0 Å². The van der Waals surface area contributed by atoms with Crippen molar-refractivity contribution < 1.29 is 5.11 Å². The third-order valence-corrected chi connectivity index (χ3v) is 5.23. The molecule has 5 heteroatoms. The van der Waals surface area contributed by atoms with Gasteiger partial charge in [-0.25, -0.2) is 9.97 Å². The molecule has 0 aliphatic heterocycles. The molecule has 4 nitrogen and oxygen atoms in total. The topological polar surface area (TPSA) is 58.0 Å². The number of nitrogens with zero attached hydrogens (tertiary/aromatic N) is 2. The van der Waals surface area contributed by atoms with E-state index in [1.54, 1.807) is 11.3 Å². The van der Waals surface area contributed by atoms with E-state index in [1.165, 1.54) is 21.6 Å². The molecular formula is C19H23N3OS. The van der Waals surface area contributed by atoms with Gasteiger partial charge in [0.1, 0.15) is 16.5 Å². The molecular weight excluding hydrogens is 318 g/mol. The lowest BCUT2D eigenvalue weighted by atomic mass is 10.0. The second-order valence-electron chi connectivity index (χ2n) is 6.13. The van der Waals surface area contributed by atoms with E-state index in [1.807, 2.05) is 6.92 Å². The maximum atomic E-state index is 9.55. The van der Waals surface area contributed by atoms with Crippen LogP contribution in [0.3, 0.4) is 0 Å². The first-order valence-electron chi connectivity index (χ1n) is 8.25. The highest BCUT2D eigenvalue weighted by atomic mass is 32.1. The van der Waals surface area contributed by atoms with Crippen molar-refractivity contribution in [1.82, 2.24) is 9.97 Å². The van der Waals surface area contributed by atoms with Crippen molar-refractivity contribution in [2.24, 2.45) is 0 Å². The first-order valence-corrected chi connectivity index (χ1v) is 9.07. The van der Waals surface area contributed by atoms with Gasteiger partial charge in [0.25, 0.3) is 0 Å². The van der Waals surface area contributed by atoms with Crippen molar-refractivity contribution in [1.29, 1.82) is 0 Å². The van der Waals surface area contributed by atoms with Gasteiger partial charge in [0.15, 0.2) is 0 Å². The number of aryl methyl sites for hydroxylation is 3. The standard InChI is InChI=1S/C19H23N3OS/c1-5-15(10-23)22-18-17-16(14-8-6-11(2)7-9-14)12(3)24-19(17)21-13(4)20-18/h6-9,15,23H,5,10H2,1-4H3,(H,20,21,22). The minimum Gasteiger partial charge on any atom is -0.394 e. The molecule has 0 bridgehead atoms. The number of anilines is 1. The maximum absolute atomic E-state index is 9.55. The molecule has 0 aliphatic carbocycles. The van der Waals surface area contributed by atoms with E-state index < -0.39 is 0 Å². The number of hydrogen-bond acceptors (Lipinski definition) is 5.